The van der Waals surface area contributed by atoms with E-state index in [4.69, 9.17) is 17.3 Å². The Kier molecular flexibility index (Phi) is 3.05. The first-order chi connectivity index (χ1) is 9.13. The van der Waals surface area contributed by atoms with E-state index in [9.17, 15) is 0 Å². The van der Waals surface area contributed by atoms with Gasteiger partial charge in [0.15, 0.2) is 0 Å². The molecule has 0 fully saturated rings. The molecule has 0 atom stereocenters. The summed E-state index contributed by atoms with van der Waals surface area (Å²) in [4.78, 5) is 4.26. The molecule has 0 aliphatic heterocycles. The second-order valence-corrected chi connectivity index (χ2v) is 5.65. The van der Waals surface area contributed by atoms with Crippen LogP contribution in [0.15, 0.2) is 35.8 Å². The summed E-state index contributed by atoms with van der Waals surface area (Å²) in [6.45, 7) is 1.97. The average Bonchev–Trinajstić information content (AvgIpc) is 2.82. The molecule has 3 N–H and O–H groups in total. The number of halogens is 1. The monoisotopic (exact) mass is 289 g/mol. The summed E-state index contributed by atoms with van der Waals surface area (Å²) in [6, 6.07) is 9.71. The molecule has 0 saturated heterocycles. The largest absolute Gasteiger partial charge is 0.398 e. The van der Waals surface area contributed by atoms with Gasteiger partial charge in [0.25, 0.3) is 0 Å². The summed E-state index contributed by atoms with van der Waals surface area (Å²) < 4.78 is 1.15. The van der Waals surface area contributed by atoms with Crippen LogP contribution in [-0.2, 0) is 0 Å². The fraction of sp³-hybridized carbons (Fsp3) is 0.0714. The Balaban J connectivity index is 2.00. The number of nitrogens with two attached hydrogens (primary N) is 1. The van der Waals surface area contributed by atoms with Crippen molar-refractivity contribution in [2.45, 2.75) is 6.92 Å². The Labute approximate surface area is 120 Å². The third-order valence-electron chi connectivity index (χ3n) is 3.02. The Morgan fingerprint density at radius 3 is 2.95 bits per heavy atom. The molecule has 3 aromatic rings. The standard InChI is InChI=1S/C14H12ClN3S/c1-8-11(16)4-9(15)5-13(8)18-10-2-3-12-14(6-10)19-7-17-12/h2-7,18H,16H2,1H3. The molecular weight excluding hydrogens is 278 g/mol. The van der Waals surface area contributed by atoms with Gasteiger partial charge >= 0.3 is 0 Å². The van der Waals surface area contributed by atoms with Gasteiger partial charge < -0.3 is 11.1 Å². The number of nitrogens with zero attached hydrogens (tertiary/aromatic N) is 1. The molecule has 96 valence electrons. The average molecular weight is 290 g/mol. The Hall–Kier alpha value is -1.78. The van der Waals surface area contributed by atoms with Crippen LogP contribution in [0.3, 0.4) is 0 Å². The normalized spacial score (nSPS) is 10.8. The maximum Gasteiger partial charge on any atom is 0.0813 e. The molecule has 0 aliphatic rings. The molecule has 1 aromatic heterocycles. The van der Waals surface area contributed by atoms with Crippen LogP contribution in [0.4, 0.5) is 17.1 Å². The lowest BCUT2D eigenvalue weighted by molar-refractivity contribution is 1.43. The van der Waals surface area contributed by atoms with Gasteiger partial charge in [0.1, 0.15) is 0 Å². The molecule has 0 radical (unpaired) electrons. The molecule has 0 unspecified atom stereocenters. The molecule has 0 spiro atoms. The van der Waals surface area contributed by atoms with Crippen molar-refractivity contribution in [2.24, 2.45) is 0 Å². The Bertz CT molecular complexity index is 752. The van der Waals surface area contributed by atoms with E-state index >= 15 is 0 Å². The number of hydrogen-bond donors (Lipinski definition) is 2. The second-order valence-electron chi connectivity index (χ2n) is 4.33. The summed E-state index contributed by atoms with van der Waals surface area (Å²) in [5.74, 6) is 0. The lowest BCUT2D eigenvalue weighted by Gasteiger charge is -2.12. The van der Waals surface area contributed by atoms with Crippen LogP contribution in [-0.4, -0.2) is 4.98 Å². The van der Waals surface area contributed by atoms with E-state index in [1.54, 1.807) is 17.4 Å². The highest BCUT2D eigenvalue weighted by molar-refractivity contribution is 7.16. The highest BCUT2D eigenvalue weighted by atomic mass is 35.5. The van der Waals surface area contributed by atoms with Gasteiger partial charge in [-0.05, 0) is 42.8 Å². The van der Waals surface area contributed by atoms with Crippen LogP contribution >= 0.6 is 22.9 Å². The lowest BCUT2D eigenvalue weighted by Crippen LogP contribution is -1.97. The van der Waals surface area contributed by atoms with Crippen molar-refractivity contribution >= 4 is 50.2 Å². The molecular formula is C14H12ClN3S. The van der Waals surface area contributed by atoms with E-state index in [-0.39, 0.29) is 0 Å². The smallest absolute Gasteiger partial charge is 0.0813 e. The molecule has 3 nitrogen and oxygen atoms in total. The summed E-state index contributed by atoms with van der Waals surface area (Å²) in [5.41, 5.74) is 12.4. The van der Waals surface area contributed by atoms with Crippen LogP contribution in [0.2, 0.25) is 5.02 Å². The maximum absolute atomic E-state index is 6.04. The van der Waals surface area contributed by atoms with Crippen LogP contribution < -0.4 is 11.1 Å². The van der Waals surface area contributed by atoms with Gasteiger partial charge in [-0.3, -0.25) is 0 Å². The zero-order valence-electron chi connectivity index (χ0n) is 10.3. The predicted octanol–water partition coefficient (Wildman–Crippen LogP) is 4.58. The predicted molar refractivity (Wildman–Crippen MR) is 83.5 cm³/mol. The summed E-state index contributed by atoms with van der Waals surface area (Å²) in [5, 5.41) is 3.98. The maximum atomic E-state index is 6.04. The number of benzene rings is 2. The highest BCUT2D eigenvalue weighted by Crippen LogP contribution is 2.30. The minimum Gasteiger partial charge on any atom is -0.398 e. The fourth-order valence-corrected chi connectivity index (χ4v) is 2.86. The van der Waals surface area contributed by atoms with E-state index in [0.29, 0.717) is 10.7 Å². The van der Waals surface area contributed by atoms with Crippen molar-refractivity contribution in [2.75, 3.05) is 11.1 Å². The molecule has 0 saturated carbocycles. The third-order valence-corrected chi connectivity index (χ3v) is 4.03. The van der Waals surface area contributed by atoms with Crippen molar-refractivity contribution in [3.63, 3.8) is 0 Å². The Morgan fingerprint density at radius 2 is 2.11 bits per heavy atom. The van der Waals surface area contributed by atoms with Crippen molar-refractivity contribution in [1.29, 1.82) is 0 Å². The van der Waals surface area contributed by atoms with Crippen LogP contribution in [0.25, 0.3) is 10.2 Å². The minimum atomic E-state index is 0.629. The zero-order valence-corrected chi connectivity index (χ0v) is 11.8. The second kappa shape index (κ2) is 4.72. The van der Waals surface area contributed by atoms with Crippen molar-refractivity contribution in [3.8, 4) is 0 Å². The van der Waals surface area contributed by atoms with Crippen LogP contribution in [0, 0.1) is 6.92 Å². The van der Waals surface area contributed by atoms with E-state index in [2.05, 4.69) is 16.4 Å². The number of rotatable bonds is 2. The number of nitrogen functional groups attached to an aromatic ring is 1. The van der Waals surface area contributed by atoms with Gasteiger partial charge in [-0.2, -0.15) is 0 Å². The molecule has 0 amide bonds. The molecule has 0 aliphatic carbocycles. The SMILES string of the molecule is Cc1c(N)cc(Cl)cc1Nc1ccc2ncsc2c1. The van der Waals surface area contributed by atoms with Crippen LogP contribution in [0.5, 0.6) is 0 Å². The first-order valence-corrected chi connectivity index (χ1v) is 7.05. The van der Waals surface area contributed by atoms with Gasteiger partial charge in [0.2, 0.25) is 0 Å². The lowest BCUT2D eigenvalue weighted by atomic mass is 10.1. The Morgan fingerprint density at radius 1 is 1.26 bits per heavy atom. The van der Waals surface area contributed by atoms with Crippen molar-refractivity contribution in [3.05, 3.63) is 46.4 Å². The molecule has 19 heavy (non-hydrogen) atoms. The number of hydrogen-bond acceptors (Lipinski definition) is 4. The van der Waals surface area contributed by atoms with Gasteiger partial charge in [-0.15, -0.1) is 11.3 Å². The fourth-order valence-electron chi connectivity index (χ4n) is 1.92. The highest BCUT2D eigenvalue weighted by Gasteiger charge is 2.05. The van der Waals surface area contributed by atoms with Gasteiger partial charge in [0.05, 0.1) is 15.7 Å². The van der Waals surface area contributed by atoms with E-state index in [0.717, 1.165) is 27.2 Å². The van der Waals surface area contributed by atoms with Crippen LogP contribution in [0.1, 0.15) is 5.56 Å². The molecule has 0 bridgehead atoms. The van der Waals surface area contributed by atoms with E-state index in [1.165, 1.54) is 0 Å². The number of nitrogens with one attached hydrogen (secondary N) is 1. The van der Waals surface area contributed by atoms with E-state index < -0.39 is 0 Å². The van der Waals surface area contributed by atoms with E-state index in [1.807, 2.05) is 30.6 Å². The van der Waals surface area contributed by atoms with Crippen molar-refractivity contribution in [1.82, 2.24) is 4.98 Å². The summed E-state index contributed by atoms with van der Waals surface area (Å²) in [6.07, 6.45) is 0. The topological polar surface area (TPSA) is 50.9 Å². The first-order valence-electron chi connectivity index (χ1n) is 5.79. The quantitative estimate of drug-likeness (QED) is 0.679. The van der Waals surface area contributed by atoms with Gasteiger partial charge in [0, 0.05) is 22.1 Å². The molecule has 1 heterocycles. The first kappa shape index (κ1) is 12.3. The number of anilines is 3. The molecule has 2 aromatic carbocycles. The number of fused-ring (bicyclic) bond motifs is 1. The third kappa shape index (κ3) is 2.37. The van der Waals surface area contributed by atoms with Crippen molar-refractivity contribution < 1.29 is 0 Å². The molecule has 5 heteroatoms. The summed E-state index contributed by atoms with van der Waals surface area (Å²) in [7, 11) is 0. The number of aromatic nitrogens is 1. The van der Waals surface area contributed by atoms with Gasteiger partial charge in [-0.25, -0.2) is 4.98 Å². The molecule has 3 rings (SSSR count). The van der Waals surface area contributed by atoms with Gasteiger partial charge in [-0.1, -0.05) is 11.6 Å². The minimum absolute atomic E-state index is 0.629. The zero-order chi connectivity index (χ0) is 13.4. The number of thiazole rings is 1. The summed E-state index contributed by atoms with van der Waals surface area (Å²) >= 11 is 7.66.